The van der Waals surface area contributed by atoms with Gasteiger partial charge in [0.25, 0.3) is 0 Å². The van der Waals surface area contributed by atoms with E-state index in [0.29, 0.717) is 17.1 Å². The first-order valence-corrected chi connectivity index (χ1v) is 5.88. The molecule has 4 nitrogen and oxygen atoms in total. The quantitative estimate of drug-likeness (QED) is 0.911. The van der Waals surface area contributed by atoms with Crippen molar-refractivity contribution < 1.29 is 23.8 Å². The van der Waals surface area contributed by atoms with Gasteiger partial charge in [0.15, 0.2) is 0 Å². The summed E-state index contributed by atoms with van der Waals surface area (Å²) in [5, 5.41) is 8.91. The fourth-order valence-electron chi connectivity index (χ4n) is 1.71. The zero-order valence-electron chi connectivity index (χ0n) is 10.8. The summed E-state index contributed by atoms with van der Waals surface area (Å²) in [6, 6.07) is 10.3. The van der Waals surface area contributed by atoms with Gasteiger partial charge < -0.3 is 14.6 Å². The van der Waals surface area contributed by atoms with Gasteiger partial charge in [0, 0.05) is 11.6 Å². The summed E-state index contributed by atoms with van der Waals surface area (Å²) < 4.78 is 23.6. The van der Waals surface area contributed by atoms with Gasteiger partial charge in [-0.2, -0.15) is 0 Å². The van der Waals surface area contributed by atoms with Crippen molar-refractivity contribution in [3.8, 4) is 11.5 Å². The maximum atomic E-state index is 13.0. The van der Waals surface area contributed by atoms with Crippen LogP contribution in [0.25, 0.3) is 0 Å². The smallest absolute Gasteiger partial charge is 0.335 e. The van der Waals surface area contributed by atoms with Crippen LogP contribution in [-0.2, 0) is 6.61 Å². The van der Waals surface area contributed by atoms with Crippen LogP contribution in [0.2, 0.25) is 0 Å². The van der Waals surface area contributed by atoms with Crippen molar-refractivity contribution in [2.75, 3.05) is 7.11 Å². The van der Waals surface area contributed by atoms with Crippen LogP contribution in [0.15, 0.2) is 42.5 Å². The minimum Gasteiger partial charge on any atom is -0.496 e. The predicted molar refractivity (Wildman–Crippen MR) is 70.7 cm³/mol. The highest BCUT2D eigenvalue weighted by Crippen LogP contribution is 2.22. The summed E-state index contributed by atoms with van der Waals surface area (Å²) in [5.74, 6) is -0.591. The highest BCUT2D eigenvalue weighted by molar-refractivity contribution is 5.88. The Bertz CT molecular complexity index is 625. The monoisotopic (exact) mass is 276 g/mol. The van der Waals surface area contributed by atoms with Crippen LogP contribution in [0.3, 0.4) is 0 Å². The Hall–Kier alpha value is -2.56. The first-order valence-electron chi connectivity index (χ1n) is 5.88. The maximum Gasteiger partial charge on any atom is 0.335 e. The minimum atomic E-state index is -1.03. The average molecular weight is 276 g/mol. The third-order valence-electron chi connectivity index (χ3n) is 2.72. The highest BCUT2D eigenvalue weighted by atomic mass is 19.1. The van der Waals surface area contributed by atoms with Gasteiger partial charge in [-0.05, 0) is 24.3 Å². The van der Waals surface area contributed by atoms with E-state index in [1.165, 1.54) is 31.4 Å². The number of hydrogen-bond donors (Lipinski definition) is 1. The molecule has 0 fully saturated rings. The summed E-state index contributed by atoms with van der Waals surface area (Å²) in [5.41, 5.74) is 0.818. The molecular weight excluding hydrogens is 263 g/mol. The molecule has 2 aromatic rings. The number of carboxylic acids is 1. The molecule has 0 saturated carbocycles. The molecule has 0 unspecified atom stereocenters. The van der Waals surface area contributed by atoms with E-state index in [2.05, 4.69) is 0 Å². The number of carboxylic acid groups (broad SMARTS) is 1. The maximum absolute atomic E-state index is 13.0. The first kappa shape index (κ1) is 13.9. The van der Waals surface area contributed by atoms with Crippen molar-refractivity contribution in [1.82, 2.24) is 0 Å². The van der Waals surface area contributed by atoms with Crippen LogP contribution in [0.5, 0.6) is 11.5 Å². The molecule has 20 heavy (non-hydrogen) atoms. The number of ether oxygens (including phenoxy) is 2. The average Bonchev–Trinajstić information content (AvgIpc) is 2.45. The molecule has 0 aliphatic rings. The Balaban J connectivity index is 2.15. The van der Waals surface area contributed by atoms with E-state index < -0.39 is 5.97 Å². The minimum absolute atomic E-state index is 0.136. The third-order valence-corrected chi connectivity index (χ3v) is 2.72. The number of hydrogen-bond acceptors (Lipinski definition) is 3. The number of rotatable bonds is 5. The van der Waals surface area contributed by atoms with E-state index in [1.807, 2.05) is 0 Å². The fraction of sp³-hybridized carbons (Fsp3) is 0.133. The topological polar surface area (TPSA) is 55.8 Å². The van der Waals surface area contributed by atoms with Crippen LogP contribution in [-0.4, -0.2) is 18.2 Å². The molecule has 104 valence electrons. The van der Waals surface area contributed by atoms with E-state index in [0.717, 1.165) is 0 Å². The number of halogens is 1. The van der Waals surface area contributed by atoms with Crippen molar-refractivity contribution in [1.29, 1.82) is 0 Å². The largest absolute Gasteiger partial charge is 0.496 e. The first-order chi connectivity index (χ1) is 9.60. The standard InChI is InChI=1S/C15H13FO4/c1-19-14-7-10(15(17)18)5-6-11(14)9-20-13-4-2-3-12(16)8-13/h2-8H,9H2,1H3,(H,17,18). The normalized spacial score (nSPS) is 10.1. The molecule has 1 N–H and O–H groups in total. The lowest BCUT2D eigenvalue weighted by Crippen LogP contribution is -2.02. The lowest BCUT2D eigenvalue weighted by atomic mass is 10.1. The molecule has 0 spiro atoms. The Morgan fingerprint density at radius 2 is 2.05 bits per heavy atom. The summed E-state index contributed by atoms with van der Waals surface area (Å²) in [4.78, 5) is 10.9. The molecule has 5 heteroatoms. The van der Waals surface area contributed by atoms with Gasteiger partial charge >= 0.3 is 5.97 Å². The van der Waals surface area contributed by atoms with Crippen LogP contribution in [0, 0.1) is 5.82 Å². The summed E-state index contributed by atoms with van der Waals surface area (Å²) in [7, 11) is 1.45. The predicted octanol–water partition coefficient (Wildman–Crippen LogP) is 3.11. The third kappa shape index (κ3) is 3.26. The van der Waals surface area contributed by atoms with Crippen molar-refractivity contribution in [3.63, 3.8) is 0 Å². The fourth-order valence-corrected chi connectivity index (χ4v) is 1.71. The van der Waals surface area contributed by atoms with Crippen LogP contribution >= 0.6 is 0 Å². The van der Waals surface area contributed by atoms with Gasteiger partial charge in [-0.25, -0.2) is 9.18 Å². The van der Waals surface area contributed by atoms with Gasteiger partial charge in [-0.15, -0.1) is 0 Å². The number of methoxy groups -OCH3 is 1. The molecule has 2 aromatic carbocycles. The Labute approximate surface area is 115 Å². The molecule has 2 rings (SSSR count). The van der Waals surface area contributed by atoms with Gasteiger partial charge in [0.1, 0.15) is 23.9 Å². The molecule has 0 aliphatic heterocycles. The van der Waals surface area contributed by atoms with E-state index in [-0.39, 0.29) is 18.0 Å². The van der Waals surface area contributed by atoms with E-state index in [1.54, 1.807) is 18.2 Å². The molecule has 0 amide bonds. The molecule has 0 aromatic heterocycles. The molecule has 0 saturated heterocycles. The van der Waals surface area contributed by atoms with Crippen molar-refractivity contribution in [2.45, 2.75) is 6.61 Å². The SMILES string of the molecule is COc1cc(C(=O)O)ccc1COc1cccc(F)c1. The van der Waals surface area contributed by atoms with E-state index in [9.17, 15) is 9.18 Å². The Morgan fingerprint density at radius 1 is 1.25 bits per heavy atom. The van der Waals surface area contributed by atoms with Crippen LogP contribution in [0.1, 0.15) is 15.9 Å². The number of carbonyl (C=O) groups is 1. The second-order valence-corrected chi connectivity index (χ2v) is 4.08. The van der Waals surface area contributed by atoms with Gasteiger partial charge in [0.2, 0.25) is 0 Å². The lowest BCUT2D eigenvalue weighted by molar-refractivity contribution is 0.0696. The number of aromatic carboxylic acids is 1. The number of benzene rings is 2. The van der Waals surface area contributed by atoms with Gasteiger partial charge in [-0.3, -0.25) is 0 Å². The van der Waals surface area contributed by atoms with Gasteiger partial charge in [0.05, 0.1) is 12.7 Å². The Morgan fingerprint density at radius 3 is 2.70 bits per heavy atom. The second kappa shape index (κ2) is 6.06. The van der Waals surface area contributed by atoms with Crippen molar-refractivity contribution in [2.24, 2.45) is 0 Å². The Kier molecular flexibility index (Phi) is 4.20. The summed E-state index contributed by atoms with van der Waals surface area (Å²) in [6.45, 7) is 0.159. The lowest BCUT2D eigenvalue weighted by Gasteiger charge is -2.11. The molecular formula is C15H13FO4. The molecule has 0 atom stereocenters. The summed E-state index contributed by atoms with van der Waals surface area (Å²) in [6.07, 6.45) is 0. The van der Waals surface area contributed by atoms with Crippen molar-refractivity contribution in [3.05, 3.63) is 59.4 Å². The molecule has 0 bridgehead atoms. The zero-order valence-corrected chi connectivity index (χ0v) is 10.8. The van der Waals surface area contributed by atoms with E-state index in [4.69, 9.17) is 14.6 Å². The zero-order chi connectivity index (χ0) is 14.5. The molecule has 0 radical (unpaired) electrons. The second-order valence-electron chi connectivity index (χ2n) is 4.08. The molecule has 0 aliphatic carbocycles. The van der Waals surface area contributed by atoms with E-state index >= 15 is 0 Å². The van der Waals surface area contributed by atoms with Crippen molar-refractivity contribution >= 4 is 5.97 Å². The molecule has 0 heterocycles. The van der Waals surface area contributed by atoms with Crippen LogP contribution < -0.4 is 9.47 Å². The summed E-state index contributed by atoms with van der Waals surface area (Å²) >= 11 is 0. The van der Waals surface area contributed by atoms with Gasteiger partial charge in [-0.1, -0.05) is 12.1 Å². The van der Waals surface area contributed by atoms with Crippen LogP contribution in [0.4, 0.5) is 4.39 Å². The highest BCUT2D eigenvalue weighted by Gasteiger charge is 2.09.